The molecule has 2 rings (SSSR count). The minimum Gasteiger partial charge on any atom is -0.490 e. The Balaban J connectivity index is 2.33. The molecule has 84 valence electrons. The van der Waals surface area contributed by atoms with Crippen molar-refractivity contribution in [1.29, 1.82) is 0 Å². The third-order valence-corrected chi connectivity index (χ3v) is 2.83. The summed E-state index contributed by atoms with van der Waals surface area (Å²) in [7, 11) is 0. The highest BCUT2D eigenvalue weighted by Gasteiger charge is 2.19. The summed E-state index contributed by atoms with van der Waals surface area (Å²) >= 11 is 3.21. The number of rotatable bonds is 2. The Morgan fingerprint density at radius 2 is 2.25 bits per heavy atom. The quantitative estimate of drug-likeness (QED) is 0.778. The number of Topliss-reactive ketones (excluding diaryl/α,β-unsaturated/α-hetero) is 1. The minimum atomic E-state index is -0.525. The predicted molar refractivity (Wildman–Crippen MR) is 61.7 cm³/mol. The smallest absolute Gasteiger partial charge is 0.230 e. The molecule has 0 saturated carbocycles. The zero-order chi connectivity index (χ0) is 11.5. The lowest BCUT2D eigenvalue weighted by Crippen LogP contribution is -2.12. The van der Waals surface area contributed by atoms with Crippen LogP contribution in [0.2, 0.25) is 0 Å². The Morgan fingerprint density at radius 1 is 1.44 bits per heavy atom. The average Bonchev–Trinajstić information content (AvgIpc) is 2.32. The number of benzene rings is 1. The molecule has 1 heterocycles. The second-order valence-electron chi connectivity index (χ2n) is 3.51. The van der Waals surface area contributed by atoms with E-state index in [1.54, 1.807) is 12.1 Å². The largest absolute Gasteiger partial charge is 0.490 e. The number of ether oxygens (including phenoxy) is 1. The number of ketones is 1. The van der Waals surface area contributed by atoms with Crippen LogP contribution in [0.1, 0.15) is 23.2 Å². The van der Waals surface area contributed by atoms with Gasteiger partial charge in [-0.15, -0.1) is 0 Å². The van der Waals surface area contributed by atoms with Crippen molar-refractivity contribution in [2.45, 2.75) is 12.8 Å². The molecule has 0 bridgehead atoms. The Hall–Kier alpha value is -1.16. The first kappa shape index (κ1) is 11.3. The van der Waals surface area contributed by atoms with Crippen molar-refractivity contribution in [3.63, 3.8) is 0 Å². The molecule has 0 aromatic heterocycles. The summed E-state index contributed by atoms with van der Waals surface area (Å²) in [5.74, 6) is -0.662. The molecule has 1 aliphatic rings. The summed E-state index contributed by atoms with van der Waals surface area (Å²) in [6, 6.07) is 4.29. The summed E-state index contributed by atoms with van der Waals surface area (Å²) in [6.07, 6.45) is 3.42. The predicted octanol–water partition coefficient (Wildman–Crippen LogP) is 3.47. The van der Waals surface area contributed by atoms with Crippen LogP contribution in [0.3, 0.4) is 0 Å². The van der Waals surface area contributed by atoms with Crippen molar-refractivity contribution in [2.75, 3.05) is 6.61 Å². The summed E-state index contributed by atoms with van der Waals surface area (Å²) in [6.45, 7) is 0.521. The van der Waals surface area contributed by atoms with Gasteiger partial charge in [0.1, 0.15) is 5.82 Å². The van der Waals surface area contributed by atoms with Crippen molar-refractivity contribution in [1.82, 2.24) is 0 Å². The second kappa shape index (κ2) is 4.78. The fraction of sp³-hybridized carbons (Fsp3) is 0.250. The van der Waals surface area contributed by atoms with Gasteiger partial charge in [-0.25, -0.2) is 4.39 Å². The second-order valence-corrected chi connectivity index (χ2v) is 4.43. The van der Waals surface area contributed by atoms with E-state index in [0.717, 1.165) is 12.8 Å². The van der Waals surface area contributed by atoms with Gasteiger partial charge in [0.15, 0.2) is 5.76 Å². The lowest BCUT2D eigenvalue weighted by atomic mass is 10.1. The molecule has 0 saturated heterocycles. The van der Waals surface area contributed by atoms with Gasteiger partial charge in [-0.3, -0.25) is 4.79 Å². The van der Waals surface area contributed by atoms with E-state index >= 15 is 0 Å². The molecule has 1 aliphatic heterocycles. The summed E-state index contributed by atoms with van der Waals surface area (Å²) in [5.41, 5.74) is 0.0440. The molecule has 0 radical (unpaired) electrons. The number of allylic oxidation sites excluding steroid dienone is 2. The fourth-order valence-corrected chi connectivity index (χ4v) is 1.88. The van der Waals surface area contributed by atoms with Crippen LogP contribution in [0.15, 0.2) is 34.5 Å². The van der Waals surface area contributed by atoms with Crippen molar-refractivity contribution < 1.29 is 13.9 Å². The Bertz CT molecular complexity index is 454. The molecule has 0 amide bonds. The summed E-state index contributed by atoms with van der Waals surface area (Å²) in [5, 5.41) is 0. The van der Waals surface area contributed by atoms with E-state index in [1.165, 1.54) is 12.1 Å². The van der Waals surface area contributed by atoms with Crippen LogP contribution < -0.4 is 0 Å². The summed E-state index contributed by atoms with van der Waals surface area (Å²) < 4.78 is 19.3. The molecule has 1 aromatic carbocycles. The topological polar surface area (TPSA) is 26.3 Å². The number of halogens is 2. The van der Waals surface area contributed by atoms with E-state index in [4.69, 9.17) is 4.74 Å². The Labute approximate surface area is 101 Å². The Morgan fingerprint density at radius 3 is 2.94 bits per heavy atom. The van der Waals surface area contributed by atoms with Crippen LogP contribution >= 0.6 is 15.9 Å². The number of carbonyl (C=O) groups excluding carboxylic acids is 1. The zero-order valence-corrected chi connectivity index (χ0v) is 10.1. The van der Waals surface area contributed by atoms with Crippen LogP contribution in [-0.2, 0) is 4.74 Å². The maximum Gasteiger partial charge on any atom is 0.230 e. The molecule has 1 aromatic rings. The van der Waals surface area contributed by atoms with Gasteiger partial charge >= 0.3 is 0 Å². The van der Waals surface area contributed by atoms with E-state index in [9.17, 15) is 9.18 Å². The Kier molecular flexibility index (Phi) is 3.39. The molecule has 0 atom stereocenters. The molecule has 0 fully saturated rings. The van der Waals surface area contributed by atoms with E-state index in [-0.39, 0.29) is 11.3 Å². The first-order valence-electron chi connectivity index (χ1n) is 5.01. The standard InChI is InChI=1S/C12H10BrFO2/c13-8-4-5-10(14)9(7-8)12(15)11-3-1-2-6-16-11/h3-5,7H,1-2,6H2. The molecule has 0 spiro atoms. The van der Waals surface area contributed by atoms with E-state index < -0.39 is 11.6 Å². The zero-order valence-electron chi connectivity index (χ0n) is 8.50. The maximum absolute atomic E-state index is 13.5. The lowest BCUT2D eigenvalue weighted by molar-refractivity contribution is 0.0895. The van der Waals surface area contributed by atoms with E-state index in [1.807, 2.05) is 0 Å². The lowest BCUT2D eigenvalue weighted by Gasteiger charge is -2.14. The molecule has 2 nitrogen and oxygen atoms in total. The molecule has 16 heavy (non-hydrogen) atoms. The first-order valence-corrected chi connectivity index (χ1v) is 5.80. The van der Waals surface area contributed by atoms with Gasteiger partial charge in [-0.05, 0) is 37.1 Å². The van der Waals surface area contributed by atoms with Crippen molar-refractivity contribution in [2.24, 2.45) is 0 Å². The van der Waals surface area contributed by atoms with E-state index in [2.05, 4.69) is 15.9 Å². The number of carbonyl (C=O) groups is 1. The van der Waals surface area contributed by atoms with Gasteiger partial charge in [0.05, 0.1) is 12.2 Å². The molecular weight excluding hydrogens is 275 g/mol. The molecular formula is C12H10BrFO2. The highest BCUT2D eigenvalue weighted by Crippen LogP contribution is 2.21. The van der Waals surface area contributed by atoms with Crippen molar-refractivity contribution >= 4 is 21.7 Å². The van der Waals surface area contributed by atoms with Crippen LogP contribution in [0.25, 0.3) is 0 Å². The van der Waals surface area contributed by atoms with Crippen LogP contribution in [0.4, 0.5) is 4.39 Å². The molecule has 0 aliphatic carbocycles. The monoisotopic (exact) mass is 284 g/mol. The summed E-state index contributed by atoms with van der Waals surface area (Å²) in [4.78, 5) is 11.9. The van der Waals surface area contributed by atoms with Gasteiger partial charge in [0.25, 0.3) is 0 Å². The molecule has 0 N–H and O–H groups in total. The molecule has 0 unspecified atom stereocenters. The highest BCUT2D eigenvalue weighted by atomic mass is 79.9. The third kappa shape index (κ3) is 2.32. The SMILES string of the molecule is O=C(C1=CCCCO1)c1cc(Br)ccc1F. The number of hydrogen-bond acceptors (Lipinski definition) is 2. The molecule has 4 heteroatoms. The minimum absolute atomic E-state index is 0.0440. The first-order chi connectivity index (χ1) is 7.68. The third-order valence-electron chi connectivity index (χ3n) is 2.33. The van der Waals surface area contributed by atoms with Gasteiger partial charge in [-0.2, -0.15) is 0 Å². The van der Waals surface area contributed by atoms with Gasteiger partial charge in [0.2, 0.25) is 5.78 Å². The van der Waals surface area contributed by atoms with E-state index in [0.29, 0.717) is 11.1 Å². The average molecular weight is 285 g/mol. The normalized spacial score (nSPS) is 15.2. The highest BCUT2D eigenvalue weighted by molar-refractivity contribution is 9.10. The fourth-order valence-electron chi connectivity index (χ4n) is 1.52. The maximum atomic E-state index is 13.5. The van der Waals surface area contributed by atoms with Crippen molar-refractivity contribution in [3.8, 4) is 0 Å². The number of hydrogen-bond donors (Lipinski definition) is 0. The van der Waals surface area contributed by atoms with Gasteiger partial charge < -0.3 is 4.74 Å². The van der Waals surface area contributed by atoms with Gasteiger partial charge in [0, 0.05) is 4.47 Å². The van der Waals surface area contributed by atoms with Crippen LogP contribution in [0.5, 0.6) is 0 Å². The van der Waals surface area contributed by atoms with Gasteiger partial charge in [-0.1, -0.05) is 15.9 Å². The van der Waals surface area contributed by atoms with Crippen LogP contribution in [0, 0.1) is 5.82 Å². The van der Waals surface area contributed by atoms with Crippen molar-refractivity contribution in [3.05, 3.63) is 45.9 Å². The van der Waals surface area contributed by atoms with Crippen LogP contribution in [-0.4, -0.2) is 12.4 Å².